The zero-order valence-corrected chi connectivity index (χ0v) is 10.9. The lowest BCUT2D eigenvalue weighted by atomic mass is 9.80. The monoisotopic (exact) mass is 225 g/mol. The van der Waals surface area contributed by atoms with Gasteiger partial charge in [-0.15, -0.1) is 0 Å². The maximum absolute atomic E-state index is 10.2. The molecule has 2 fully saturated rings. The van der Waals surface area contributed by atoms with E-state index in [1.807, 2.05) is 0 Å². The maximum Gasteiger partial charge on any atom is 0.0695 e. The second-order valence-electron chi connectivity index (χ2n) is 5.83. The Bertz CT molecular complexity index is 219. The van der Waals surface area contributed by atoms with Gasteiger partial charge in [-0.1, -0.05) is 19.8 Å². The van der Waals surface area contributed by atoms with Crippen molar-refractivity contribution in [3.63, 3.8) is 0 Å². The minimum atomic E-state index is -0.0614. The van der Waals surface area contributed by atoms with Crippen LogP contribution in [0.2, 0.25) is 0 Å². The Kier molecular flexibility index (Phi) is 4.26. The molecular formula is C14H27NO. The molecule has 1 aliphatic carbocycles. The largest absolute Gasteiger partial charge is 0.391 e. The van der Waals surface area contributed by atoms with Gasteiger partial charge in [-0.2, -0.15) is 0 Å². The van der Waals surface area contributed by atoms with Crippen LogP contribution in [0.3, 0.4) is 0 Å². The highest BCUT2D eigenvalue weighted by Gasteiger charge is 2.36. The molecule has 0 radical (unpaired) electrons. The lowest BCUT2D eigenvalue weighted by Gasteiger charge is -2.40. The first-order chi connectivity index (χ1) is 7.72. The van der Waals surface area contributed by atoms with Gasteiger partial charge in [0, 0.05) is 12.1 Å². The van der Waals surface area contributed by atoms with Gasteiger partial charge in [0.2, 0.25) is 0 Å². The van der Waals surface area contributed by atoms with E-state index in [0.717, 1.165) is 12.3 Å². The molecule has 0 spiro atoms. The van der Waals surface area contributed by atoms with E-state index in [9.17, 15) is 5.11 Å². The molecule has 1 heterocycles. The van der Waals surface area contributed by atoms with Crippen LogP contribution < -0.4 is 0 Å². The number of likely N-dealkylation sites (tertiary alicyclic amines) is 1. The molecule has 1 saturated heterocycles. The van der Waals surface area contributed by atoms with Crippen LogP contribution in [-0.4, -0.2) is 34.7 Å². The first-order valence-electron chi connectivity index (χ1n) is 7.16. The summed E-state index contributed by atoms with van der Waals surface area (Å²) in [5.41, 5.74) is 0. The summed E-state index contributed by atoms with van der Waals surface area (Å²) < 4.78 is 0. The number of nitrogens with zero attached hydrogens (tertiary/aromatic N) is 1. The van der Waals surface area contributed by atoms with Crippen LogP contribution in [0.25, 0.3) is 0 Å². The first kappa shape index (κ1) is 12.4. The highest BCUT2D eigenvalue weighted by Crippen LogP contribution is 2.34. The number of rotatable bonds is 3. The smallest absolute Gasteiger partial charge is 0.0695 e. The van der Waals surface area contributed by atoms with Gasteiger partial charge in [-0.05, 0) is 51.5 Å². The number of hydrogen-bond donors (Lipinski definition) is 1. The van der Waals surface area contributed by atoms with Gasteiger partial charge < -0.3 is 5.11 Å². The summed E-state index contributed by atoms with van der Waals surface area (Å²) in [5.74, 6) is 0.867. The average molecular weight is 225 g/mol. The molecule has 94 valence electrons. The van der Waals surface area contributed by atoms with Gasteiger partial charge in [0.15, 0.2) is 0 Å². The third-order valence-electron chi connectivity index (χ3n) is 4.62. The average Bonchev–Trinajstić information content (AvgIpc) is 2.68. The summed E-state index contributed by atoms with van der Waals surface area (Å²) >= 11 is 0. The Morgan fingerprint density at radius 2 is 2.06 bits per heavy atom. The van der Waals surface area contributed by atoms with E-state index in [-0.39, 0.29) is 6.10 Å². The normalized spacial score (nSPS) is 41.4. The zero-order chi connectivity index (χ0) is 11.5. The molecule has 0 bridgehead atoms. The molecule has 2 nitrogen and oxygen atoms in total. The Hall–Kier alpha value is -0.0800. The van der Waals surface area contributed by atoms with Crippen LogP contribution in [0.5, 0.6) is 0 Å². The summed E-state index contributed by atoms with van der Waals surface area (Å²) in [6.07, 6.45) is 8.73. The predicted octanol–water partition coefficient (Wildman–Crippen LogP) is 2.80. The van der Waals surface area contributed by atoms with Crippen LogP contribution in [0.15, 0.2) is 0 Å². The summed E-state index contributed by atoms with van der Waals surface area (Å²) in [7, 11) is 0. The fourth-order valence-electron chi connectivity index (χ4n) is 3.69. The van der Waals surface area contributed by atoms with Crippen molar-refractivity contribution in [3.8, 4) is 0 Å². The predicted molar refractivity (Wildman–Crippen MR) is 67.4 cm³/mol. The highest BCUT2D eigenvalue weighted by molar-refractivity contribution is 4.91. The van der Waals surface area contributed by atoms with Crippen LogP contribution >= 0.6 is 0 Å². The second-order valence-corrected chi connectivity index (χ2v) is 5.83. The summed E-state index contributed by atoms with van der Waals surface area (Å²) in [6, 6.07) is 1.16. The third kappa shape index (κ3) is 2.60. The van der Waals surface area contributed by atoms with Crippen LogP contribution in [-0.2, 0) is 0 Å². The molecule has 4 atom stereocenters. The first-order valence-corrected chi connectivity index (χ1v) is 7.16. The fraction of sp³-hybridized carbons (Fsp3) is 1.00. The quantitative estimate of drug-likeness (QED) is 0.798. The molecule has 1 saturated carbocycles. The summed E-state index contributed by atoms with van der Waals surface area (Å²) in [6.45, 7) is 5.81. The molecule has 4 unspecified atom stereocenters. The molecule has 0 amide bonds. The third-order valence-corrected chi connectivity index (χ3v) is 4.62. The Labute approximate surface area is 100 Å². The van der Waals surface area contributed by atoms with Crippen LogP contribution in [0, 0.1) is 5.92 Å². The minimum Gasteiger partial charge on any atom is -0.391 e. The molecule has 0 aromatic carbocycles. The van der Waals surface area contributed by atoms with E-state index in [4.69, 9.17) is 0 Å². The molecule has 1 aliphatic heterocycles. The molecule has 2 heteroatoms. The van der Waals surface area contributed by atoms with Crippen LogP contribution in [0.1, 0.15) is 58.8 Å². The Balaban J connectivity index is 1.95. The van der Waals surface area contributed by atoms with Crippen molar-refractivity contribution in [2.75, 3.05) is 6.54 Å². The lowest BCUT2D eigenvalue weighted by molar-refractivity contribution is -0.00139. The zero-order valence-electron chi connectivity index (χ0n) is 10.9. The fourth-order valence-corrected chi connectivity index (χ4v) is 3.69. The van der Waals surface area contributed by atoms with Crippen molar-refractivity contribution in [2.45, 2.75) is 77.0 Å². The van der Waals surface area contributed by atoms with E-state index in [2.05, 4.69) is 18.7 Å². The van der Waals surface area contributed by atoms with Crippen molar-refractivity contribution in [1.29, 1.82) is 0 Å². The maximum atomic E-state index is 10.2. The van der Waals surface area contributed by atoms with Crippen molar-refractivity contribution < 1.29 is 5.11 Å². The lowest BCUT2D eigenvalue weighted by Crippen LogP contribution is -2.48. The summed E-state index contributed by atoms with van der Waals surface area (Å²) in [4.78, 5) is 2.58. The molecular weight excluding hydrogens is 198 g/mol. The topological polar surface area (TPSA) is 23.5 Å². The van der Waals surface area contributed by atoms with Crippen LogP contribution in [0.4, 0.5) is 0 Å². The Morgan fingerprint density at radius 3 is 2.69 bits per heavy atom. The van der Waals surface area contributed by atoms with Crippen molar-refractivity contribution >= 4 is 0 Å². The van der Waals surface area contributed by atoms with E-state index < -0.39 is 0 Å². The minimum absolute atomic E-state index is 0.0614. The molecule has 0 aromatic heterocycles. The van der Waals surface area contributed by atoms with Crippen molar-refractivity contribution in [1.82, 2.24) is 4.90 Å². The summed E-state index contributed by atoms with van der Waals surface area (Å²) in [5, 5.41) is 10.2. The van der Waals surface area contributed by atoms with Gasteiger partial charge in [-0.25, -0.2) is 0 Å². The SMILES string of the molecule is CCCC1CCC(O)C(N2CCCC2C)C1. The number of aliphatic hydroxyl groups excluding tert-OH is 1. The van der Waals surface area contributed by atoms with Crippen molar-refractivity contribution in [3.05, 3.63) is 0 Å². The van der Waals surface area contributed by atoms with E-state index in [1.165, 1.54) is 45.1 Å². The van der Waals surface area contributed by atoms with E-state index in [0.29, 0.717) is 12.1 Å². The van der Waals surface area contributed by atoms with Crippen molar-refractivity contribution in [2.24, 2.45) is 5.92 Å². The number of aliphatic hydroxyl groups is 1. The standard InChI is InChI=1S/C14H27NO/c1-3-5-12-7-8-14(16)13(10-12)15-9-4-6-11(15)2/h11-14,16H,3-10H2,1-2H3. The Morgan fingerprint density at radius 1 is 1.25 bits per heavy atom. The van der Waals surface area contributed by atoms with Gasteiger partial charge >= 0.3 is 0 Å². The molecule has 2 aliphatic rings. The molecule has 1 N–H and O–H groups in total. The van der Waals surface area contributed by atoms with E-state index in [1.54, 1.807) is 0 Å². The second kappa shape index (κ2) is 5.50. The van der Waals surface area contributed by atoms with Gasteiger partial charge in [0.25, 0.3) is 0 Å². The highest BCUT2D eigenvalue weighted by atomic mass is 16.3. The molecule has 0 aromatic rings. The molecule has 16 heavy (non-hydrogen) atoms. The molecule has 2 rings (SSSR count). The van der Waals surface area contributed by atoms with E-state index >= 15 is 0 Å². The number of hydrogen-bond acceptors (Lipinski definition) is 2. The van der Waals surface area contributed by atoms with Gasteiger partial charge in [0.1, 0.15) is 0 Å². The van der Waals surface area contributed by atoms with Gasteiger partial charge in [0.05, 0.1) is 6.10 Å². The van der Waals surface area contributed by atoms with Gasteiger partial charge in [-0.3, -0.25) is 4.90 Å².